The second kappa shape index (κ2) is 6.49. The third-order valence-corrected chi connectivity index (χ3v) is 7.30. The Bertz CT molecular complexity index is 727. The van der Waals surface area contributed by atoms with Crippen LogP contribution in [0.1, 0.15) is 24.8 Å². The summed E-state index contributed by atoms with van der Waals surface area (Å²) in [7, 11) is 2.24. The number of aromatic nitrogens is 1. The van der Waals surface area contributed by atoms with Crippen molar-refractivity contribution in [2.75, 3.05) is 32.6 Å². The van der Waals surface area contributed by atoms with Crippen molar-refractivity contribution in [3.05, 3.63) is 48.3 Å². The zero-order chi connectivity index (χ0) is 16.6. The molecule has 0 bridgehead atoms. The van der Waals surface area contributed by atoms with E-state index in [-0.39, 0.29) is 0 Å². The standard InChI is InChI=1S/C20H27N3S/c1-16(7-8-17-13-21-19-6-4-3-5-18(17)19)23-14-20(24-15-23)9-11-22(2)12-10-20/h3-6,13,21H,1,7-12,14-15H2,2H3. The Balaban J connectivity index is 1.35. The smallest absolute Gasteiger partial charge is 0.0643 e. The molecule has 2 aliphatic rings. The van der Waals surface area contributed by atoms with Gasteiger partial charge in [0, 0.05) is 34.1 Å². The van der Waals surface area contributed by atoms with Gasteiger partial charge in [-0.3, -0.25) is 0 Å². The number of nitrogens with zero attached hydrogens (tertiary/aromatic N) is 2. The van der Waals surface area contributed by atoms with Gasteiger partial charge in [0.05, 0.1) is 5.88 Å². The van der Waals surface area contributed by atoms with Crippen LogP contribution in [0.25, 0.3) is 10.9 Å². The predicted molar refractivity (Wildman–Crippen MR) is 104 cm³/mol. The fraction of sp³-hybridized carbons (Fsp3) is 0.500. The molecule has 0 unspecified atom stereocenters. The average Bonchev–Trinajstić information content (AvgIpc) is 3.21. The van der Waals surface area contributed by atoms with Gasteiger partial charge < -0.3 is 14.8 Å². The Kier molecular flexibility index (Phi) is 4.35. The maximum Gasteiger partial charge on any atom is 0.0643 e. The van der Waals surface area contributed by atoms with Crippen LogP contribution in [0.5, 0.6) is 0 Å². The van der Waals surface area contributed by atoms with Crippen molar-refractivity contribution in [2.24, 2.45) is 0 Å². The third-order valence-electron chi connectivity index (χ3n) is 5.71. The number of hydrogen-bond acceptors (Lipinski definition) is 3. The van der Waals surface area contributed by atoms with E-state index in [9.17, 15) is 0 Å². The zero-order valence-corrected chi connectivity index (χ0v) is 15.4. The minimum Gasteiger partial charge on any atom is -0.365 e. The molecule has 2 aromatic rings. The van der Waals surface area contributed by atoms with Crippen LogP contribution in [0.15, 0.2) is 42.7 Å². The van der Waals surface area contributed by atoms with Crippen molar-refractivity contribution < 1.29 is 0 Å². The van der Waals surface area contributed by atoms with Crippen LogP contribution in [0.3, 0.4) is 0 Å². The van der Waals surface area contributed by atoms with Gasteiger partial charge in [0.2, 0.25) is 0 Å². The molecule has 4 rings (SSSR count). The van der Waals surface area contributed by atoms with Gasteiger partial charge in [0.15, 0.2) is 0 Å². The lowest BCUT2D eigenvalue weighted by Gasteiger charge is -2.37. The number of para-hydroxylation sites is 1. The number of likely N-dealkylation sites (tertiary alicyclic amines) is 1. The third kappa shape index (κ3) is 3.09. The first kappa shape index (κ1) is 16.1. The summed E-state index contributed by atoms with van der Waals surface area (Å²) in [5.41, 5.74) is 3.95. The van der Waals surface area contributed by atoms with Gasteiger partial charge in [-0.2, -0.15) is 0 Å². The van der Waals surface area contributed by atoms with Crippen molar-refractivity contribution in [1.29, 1.82) is 0 Å². The van der Waals surface area contributed by atoms with Gasteiger partial charge in [-0.05, 0) is 57.5 Å². The summed E-state index contributed by atoms with van der Waals surface area (Å²) < 4.78 is 0.482. The van der Waals surface area contributed by atoms with Gasteiger partial charge in [-0.1, -0.05) is 24.8 Å². The summed E-state index contributed by atoms with van der Waals surface area (Å²) in [5, 5.41) is 1.35. The van der Waals surface area contributed by atoms with E-state index in [1.807, 2.05) is 0 Å². The molecule has 128 valence electrons. The van der Waals surface area contributed by atoms with Crippen LogP contribution >= 0.6 is 11.8 Å². The molecule has 2 saturated heterocycles. The van der Waals surface area contributed by atoms with Crippen LogP contribution in [-0.2, 0) is 6.42 Å². The molecular formula is C20H27N3S. The molecule has 0 radical (unpaired) electrons. The lowest BCUT2D eigenvalue weighted by molar-refractivity contribution is 0.220. The molecule has 1 spiro atoms. The minimum atomic E-state index is 0.482. The number of aryl methyl sites for hydroxylation is 1. The van der Waals surface area contributed by atoms with E-state index in [1.165, 1.54) is 54.6 Å². The molecule has 24 heavy (non-hydrogen) atoms. The summed E-state index contributed by atoms with van der Waals surface area (Å²) in [6.45, 7) is 8.07. The highest BCUT2D eigenvalue weighted by Crippen LogP contribution is 2.43. The SMILES string of the molecule is C=C(CCc1c[nH]c2ccccc12)N1CSC2(CCN(C)CC2)C1. The summed E-state index contributed by atoms with van der Waals surface area (Å²) in [4.78, 5) is 8.37. The molecule has 1 N–H and O–H groups in total. The Hall–Kier alpha value is -1.39. The van der Waals surface area contributed by atoms with Crippen LogP contribution in [0, 0.1) is 0 Å². The first-order chi connectivity index (χ1) is 11.7. The molecule has 4 heteroatoms. The maximum atomic E-state index is 4.40. The fourth-order valence-electron chi connectivity index (χ4n) is 3.96. The number of benzene rings is 1. The zero-order valence-electron chi connectivity index (χ0n) is 14.6. The first-order valence-corrected chi connectivity index (χ1v) is 9.94. The van der Waals surface area contributed by atoms with Crippen molar-refractivity contribution in [3.63, 3.8) is 0 Å². The number of nitrogens with one attached hydrogen (secondary N) is 1. The second-order valence-electron chi connectivity index (χ2n) is 7.38. The van der Waals surface area contributed by atoms with Crippen molar-refractivity contribution in [2.45, 2.75) is 30.4 Å². The topological polar surface area (TPSA) is 22.3 Å². The van der Waals surface area contributed by atoms with Gasteiger partial charge >= 0.3 is 0 Å². The number of piperidine rings is 1. The van der Waals surface area contributed by atoms with Gasteiger partial charge in [-0.15, -0.1) is 11.8 Å². The lowest BCUT2D eigenvalue weighted by atomic mass is 9.95. The number of H-pyrrole nitrogens is 1. The van der Waals surface area contributed by atoms with Crippen molar-refractivity contribution in [1.82, 2.24) is 14.8 Å². The fourth-order valence-corrected chi connectivity index (χ4v) is 5.38. The molecule has 0 aliphatic carbocycles. The molecule has 2 fully saturated rings. The highest BCUT2D eigenvalue weighted by molar-refractivity contribution is 8.00. The number of hydrogen-bond donors (Lipinski definition) is 1. The van der Waals surface area contributed by atoms with E-state index < -0.39 is 0 Å². The maximum absolute atomic E-state index is 4.40. The van der Waals surface area contributed by atoms with E-state index in [1.54, 1.807) is 0 Å². The predicted octanol–water partition coefficient (Wildman–Crippen LogP) is 4.08. The number of aromatic amines is 1. The summed E-state index contributed by atoms with van der Waals surface area (Å²) in [6, 6.07) is 8.57. The summed E-state index contributed by atoms with van der Waals surface area (Å²) >= 11 is 2.16. The van der Waals surface area contributed by atoms with Crippen LogP contribution in [0.4, 0.5) is 0 Å². The van der Waals surface area contributed by atoms with E-state index in [0.29, 0.717) is 4.75 Å². The van der Waals surface area contributed by atoms with Crippen molar-refractivity contribution in [3.8, 4) is 0 Å². The second-order valence-corrected chi connectivity index (χ2v) is 8.80. The van der Waals surface area contributed by atoms with Crippen molar-refractivity contribution >= 4 is 22.7 Å². The van der Waals surface area contributed by atoms with Gasteiger partial charge in [0.25, 0.3) is 0 Å². The Morgan fingerprint density at radius 2 is 2.08 bits per heavy atom. The molecular weight excluding hydrogens is 314 g/mol. The molecule has 1 aromatic carbocycles. The van der Waals surface area contributed by atoms with Gasteiger partial charge in [0.1, 0.15) is 0 Å². The molecule has 1 aromatic heterocycles. The van der Waals surface area contributed by atoms with E-state index in [0.717, 1.165) is 18.7 Å². The number of rotatable bonds is 4. The number of thioether (sulfide) groups is 1. The normalized spacial score (nSPS) is 21.0. The Labute approximate surface area is 149 Å². The number of allylic oxidation sites excluding steroid dienone is 1. The highest BCUT2D eigenvalue weighted by atomic mass is 32.2. The first-order valence-electron chi connectivity index (χ1n) is 8.95. The Morgan fingerprint density at radius 3 is 2.92 bits per heavy atom. The van der Waals surface area contributed by atoms with Crippen LogP contribution in [0.2, 0.25) is 0 Å². The summed E-state index contributed by atoms with van der Waals surface area (Å²) in [6.07, 6.45) is 6.92. The number of fused-ring (bicyclic) bond motifs is 1. The molecule has 0 atom stereocenters. The quantitative estimate of drug-likeness (QED) is 0.906. The average molecular weight is 342 g/mol. The largest absolute Gasteiger partial charge is 0.365 e. The monoisotopic (exact) mass is 341 g/mol. The molecule has 2 aliphatic heterocycles. The van der Waals surface area contributed by atoms with E-state index in [4.69, 9.17) is 0 Å². The Morgan fingerprint density at radius 1 is 1.29 bits per heavy atom. The highest BCUT2D eigenvalue weighted by Gasteiger charge is 2.40. The molecule has 0 saturated carbocycles. The van der Waals surface area contributed by atoms with E-state index in [2.05, 4.69) is 70.6 Å². The van der Waals surface area contributed by atoms with Crippen LogP contribution in [-0.4, -0.2) is 52.1 Å². The van der Waals surface area contributed by atoms with Crippen LogP contribution < -0.4 is 0 Å². The molecule has 3 heterocycles. The summed E-state index contributed by atoms with van der Waals surface area (Å²) in [5.74, 6) is 1.12. The lowest BCUT2D eigenvalue weighted by Crippen LogP contribution is -2.42. The minimum absolute atomic E-state index is 0.482. The van der Waals surface area contributed by atoms with E-state index >= 15 is 0 Å². The van der Waals surface area contributed by atoms with Gasteiger partial charge in [-0.25, -0.2) is 0 Å². The molecule has 3 nitrogen and oxygen atoms in total. The molecule has 0 amide bonds.